The number of carbonyl (C=O) groups is 1. The Morgan fingerprint density at radius 1 is 1.11 bits per heavy atom. The van der Waals surface area contributed by atoms with Crippen LogP contribution in [0.2, 0.25) is 0 Å². The summed E-state index contributed by atoms with van der Waals surface area (Å²) < 4.78 is 10.7. The Hall–Kier alpha value is -2.70. The van der Waals surface area contributed by atoms with Crippen LogP contribution in [0.25, 0.3) is 0 Å². The quantitative estimate of drug-likeness (QED) is 0.802. The molecule has 1 atom stereocenters. The number of hydrogen-bond donors (Lipinski definition) is 0. The summed E-state index contributed by atoms with van der Waals surface area (Å²) in [6.45, 7) is 3.27. The van der Waals surface area contributed by atoms with Gasteiger partial charge >= 0.3 is 0 Å². The predicted molar refractivity (Wildman–Crippen MR) is 107 cm³/mol. The number of benzene rings is 2. The van der Waals surface area contributed by atoms with Crippen LogP contribution in [0.4, 0.5) is 0 Å². The highest BCUT2D eigenvalue weighted by molar-refractivity contribution is 6.03. The average molecular weight is 379 g/mol. The van der Waals surface area contributed by atoms with Gasteiger partial charge in [-0.3, -0.25) is 9.69 Å². The summed E-state index contributed by atoms with van der Waals surface area (Å²) in [6, 6.07) is 17.9. The molecule has 0 aliphatic carbocycles. The van der Waals surface area contributed by atoms with E-state index < -0.39 is 0 Å². The third-order valence-electron chi connectivity index (χ3n) is 5.24. The second kappa shape index (κ2) is 8.54. The Morgan fingerprint density at radius 2 is 1.82 bits per heavy atom. The monoisotopic (exact) mass is 379 g/mol. The van der Waals surface area contributed by atoms with E-state index >= 15 is 0 Å². The van der Waals surface area contributed by atoms with Gasteiger partial charge in [-0.15, -0.1) is 0 Å². The topological polar surface area (TPSA) is 54.4 Å². The number of amides is 1. The first kappa shape index (κ1) is 18.7. The fraction of sp³-hybridized carbons (Fsp3) is 0.364. The molecular weight excluding hydrogens is 354 g/mol. The molecule has 2 aliphatic rings. The Labute approximate surface area is 165 Å². The molecule has 1 amide bonds. The first-order chi connectivity index (χ1) is 13.7. The molecule has 146 valence electrons. The second-order valence-corrected chi connectivity index (χ2v) is 7.03. The Morgan fingerprint density at radius 3 is 2.50 bits per heavy atom. The van der Waals surface area contributed by atoms with Gasteiger partial charge in [-0.25, -0.2) is 5.01 Å². The van der Waals surface area contributed by atoms with Crippen LogP contribution in [0.1, 0.15) is 23.6 Å². The maximum Gasteiger partial charge on any atom is 0.257 e. The van der Waals surface area contributed by atoms with Crippen molar-refractivity contribution in [3.63, 3.8) is 0 Å². The molecule has 6 heteroatoms. The largest absolute Gasteiger partial charge is 0.497 e. The summed E-state index contributed by atoms with van der Waals surface area (Å²) in [5.74, 6) is 0.825. The highest BCUT2D eigenvalue weighted by Gasteiger charge is 2.33. The van der Waals surface area contributed by atoms with Crippen LogP contribution in [0.15, 0.2) is 59.7 Å². The summed E-state index contributed by atoms with van der Waals surface area (Å²) in [4.78, 5) is 15.2. The summed E-state index contributed by atoms with van der Waals surface area (Å²) in [7, 11) is 1.65. The second-order valence-electron chi connectivity index (χ2n) is 7.03. The lowest BCUT2D eigenvalue weighted by Crippen LogP contribution is -2.43. The molecule has 0 saturated carbocycles. The van der Waals surface area contributed by atoms with E-state index in [4.69, 9.17) is 14.6 Å². The molecular formula is C22H25N3O3. The van der Waals surface area contributed by atoms with Crippen LogP contribution in [-0.2, 0) is 9.53 Å². The van der Waals surface area contributed by atoms with E-state index in [1.165, 1.54) is 0 Å². The molecule has 6 nitrogen and oxygen atoms in total. The van der Waals surface area contributed by atoms with Crippen LogP contribution in [-0.4, -0.2) is 61.5 Å². The molecule has 2 aromatic carbocycles. The van der Waals surface area contributed by atoms with E-state index in [1.54, 1.807) is 12.1 Å². The van der Waals surface area contributed by atoms with E-state index in [0.717, 1.165) is 35.7 Å². The number of methoxy groups -OCH3 is 1. The SMILES string of the molecule is COc1ccc([C@H]2CC(c3ccccc3)=NN2C(=O)CN2CCOCC2)cc1. The Kier molecular flexibility index (Phi) is 5.69. The van der Waals surface area contributed by atoms with Gasteiger partial charge in [0.1, 0.15) is 5.75 Å². The smallest absolute Gasteiger partial charge is 0.257 e. The van der Waals surface area contributed by atoms with Gasteiger partial charge in [0.05, 0.1) is 38.6 Å². The molecule has 0 radical (unpaired) electrons. The molecule has 1 saturated heterocycles. The zero-order chi connectivity index (χ0) is 19.3. The highest BCUT2D eigenvalue weighted by Crippen LogP contribution is 2.33. The average Bonchev–Trinajstić information content (AvgIpc) is 3.21. The van der Waals surface area contributed by atoms with Gasteiger partial charge in [-0.2, -0.15) is 5.10 Å². The summed E-state index contributed by atoms with van der Waals surface area (Å²) in [6.07, 6.45) is 0.700. The molecule has 0 aromatic heterocycles. The minimum Gasteiger partial charge on any atom is -0.497 e. The van der Waals surface area contributed by atoms with Gasteiger partial charge in [0.2, 0.25) is 0 Å². The van der Waals surface area contributed by atoms with E-state index in [-0.39, 0.29) is 11.9 Å². The number of morpholine rings is 1. The van der Waals surface area contributed by atoms with E-state index in [9.17, 15) is 4.79 Å². The minimum absolute atomic E-state index is 0.0219. The van der Waals surface area contributed by atoms with Crippen molar-refractivity contribution >= 4 is 11.6 Å². The Bertz CT molecular complexity index is 830. The molecule has 0 spiro atoms. The Balaban J connectivity index is 1.58. The van der Waals surface area contributed by atoms with Crippen molar-refractivity contribution in [2.24, 2.45) is 5.10 Å². The number of nitrogens with zero attached hydrogens (tertiary/aromatic N) is 3. The van der Waals surface area contributed by atoms with E-state index in [0.29, 0.717) is 26.2 Å². The molecule has 28 heavy (non-hydrogen) atoms. The standard InChI is InChI=1S/C22H25N3O3/c1-27-19-9-7-18(8-10-19)21-15-20(17-5-3-2-4-6-17)23-25(21)22(26)16-24-11-13-28-14-12-24/h2-10,21H,11-16H2,1H3/t21-/m1/s1. The van der Waals surface area contributed by atoms with Crippen LogP contribution < -0.4 is 4.74 Å². The van der Waals surface area contributed by atoms with Crippen molar-refractivity contribution in [1.82, 2.24) is 9.91 Å². The molecule has 2 aromatic rings. The lowest BCUT2D eigenvalue weighted by Gasteiger charge is -2.29. The molecule has 0 N–H and O–H groups in total. The number of ether oxygens (including phenoxy) is 2. The third-order valence-corrected chi connectivity index (χ3v) is 5.24. The lowest BCUT2D eigenvalue weighted by molar-refractivity contribution is -0.135. The van der Waals surface area contributed by atoms with Crippen molar-refractivity contribution in [1.29, 1.82) is 0 Å². The van der Waals surface area contributed by atoms with E-state index in [2.05, 4.69) is 4.90 Å². The fourth-order valence-electron chi connectivity index (χ4n) is 3.65. The van der Waals surface area contributed by atoms with Gasteiger partial charge in [0.15, 0.2) is 0 Å². The van der Waals surface area contributed by atoms with E-state index in [1.807, 2.05) is 54.6 Å². The third kappa shape index (κ3) is 4.08. The van der Waals surface area contributed by atoms with Gasteiger partial charge in [-0.1, -0.05) is 42.5 Å². The van der Waals surface area contributed by atoms with Crippen molar-refractivity contribution in [2.75, 3.05) is 40.0 Å². The maximum atomic E-state index is 13.1. The summed E-state index contributed by atoms with van der Waals surface area (Å²) >= 11 is 0. The maximum absolute atomic E-state index is 13.1. The molecule has 4 rings (SSSR count). The van der Waals surface area contributed by atoms with Crippen molar-refractivity contribution in [3.8, 4) is 5.75 Å². The zero-order valence-electron chi connectivity index (χ0n) is 16.1. The molecule has 2 heterocycles. The van der Waals surface area contributed by atoms with Crippen molar-refractivity contribution in [2.45, 2.75) is 12.5 Å². The number of hydrogen-bond acceptors (Lipinski definition) is 5. The number of hydrazone groups is 1. The van der Waals surface area contributed by atoms with Gasteiger partial charge in [0.25, 0.3) is 5.91 Å². The minimum atomic E-state index is -0.102. The normalized spacial score (nSPS) is 20.1. The molecule has 1 fully saturated rings. The van der Waals surface area contributed by atoms with Gasteiger partial charge < -0.3 is 9.47 Å². The predicted octanol–water partition coefficient (Wildman–Crippen LogP) is 2.71. The van der Waals surface area contributed by atoms with Gasteiger partial charge in [-0.05, 0) is 23.3 Å². The first-order valence-electron chi connectivity index (χ1n) is 9.63. The number of carbonyl (C=O) groups excluding carboxylic acids is 1. The zero-order valence-corrected chi connectivity index (χ0v) is 16.1. The fourth-order valence-corrected chi connectivity index (χ4v) is 3.65. The molecule has 0 bridgehead atoms. The van der Waals surface area contributed by atoms with Crippen LogP contribution in [0.3, 0.4) is 0 Å². The van der Waals surface area contributed by atoms with Crippen molar-refractivity contribution in [3.05, 3.63) is 65.7 Å². The summed E-state index contributed by atoms with van der Waals surface area (Å²) in [5, 5.41) is 6.40. The molecule has 2 aliphatic heterocycles. The van der Waals surface area contributed by atoms with Gasteiger partial charge in [0, 0.05) is 19.5 Å². The van der Waals surface area contributed by atoms with Crippen LogP contribution in [0, 0.1) is 0 Å². The van der Waals surface area contributed by atoms with Crippen molar-refractivity contribution < 1.29 is 14.3 Å². The van der Waals surface area contributed by atoms with Crippen LogP contribution in [0.5, 0.6) is 5.75 Å². The molecule has 0 unspecified atom stereocenters. The highest BCUT2D eigenvalue weighted by atomic mass is 16.5. The lowest BCUT2D eigenvalue weighted by atomic mass is 9.98. The first-order valence-corrected chi connectivity index (χ1v) is 9.63. The number of rotatable bonds is 5. The summed E-state index contributed by atoms with van der Waals surface area (Å²) in [5.41, 5.74) is 3.06. The van der Waals surface area contributed by atoms with Crippen LogP contribution >= 0.6 is 0 Å².